The molecule has 0 aliphatic carbocycles. The highest BCUT2D eigenvalue weighted by atomic mass is 32.2. The molecule has 0 unspecified atom stereocenters. The Hall–Kier alpha value is -0.930. The minimum Gasteiger partial charge on any atom is -0.370 e. The highest BCUT2D eigenvalue weighted by molar-refractivity contribution is 7.99. The van der Waals surface area contributed by atoms with Gasteiger partial charge in [0, 0.05) is 17.1 Å². The normalized spacial score (nSPS) is 19.4. The maximum atomic E-state index is 6.05. The third kappa shape index (κ3) is 5.22. The summed E-state index contributed by atoms with van der Waals surface area (Å²) in [6.07, 6.45) is 3.30. The van der Waals surface area contributed by atoms with Gasteiger partial charge >= 0.3 is 0 Å². The topological polar surface area (TPSA) is 60.7 Å². The second kappa shape index (κ2) is 9.47. The molecule has 8 heteroatoms. The van der Waals surface area contributed by atoms with E-state index in [1.807, 2.05) is 0 Å². The monoisotopic (exact) mass is 437 g/mol. The van der Waals surface area contributed by atoms with Crippen LogP contribution in [0.5, 0.6) is 0 Å². The second-order valence-corrected chi connectivity index (χ2v) is 10.7. The number of quaternary nitrogens is 1. The van der Waals surface area contributed by atoms with Crippen molar-refractivity contribution in [3.05, 3.63) is 10.4 Å². The first-order valence-corrected chi connectivity index (χ1v) is 12.6. The molecule has 0 radical (unpaired) electrons. The Labute approximate surface area is 181 Å². The lowest BCUT2D eigenvalue weighted by Gasteiger charge is -2.30. The van der Waals surface area contributed by atoms with Gasteiger partial charge in [0.1, 0.15) is 23.7 Å². The van der Waals surface area contributed by atoms with Crippen LogP contribution in [0.25, 0.3) is 10.2 Å². The molecule has 0 bridgehead atoms. The Bertz CT molecular complexity index is 834. The minimum absolute atomic E-state index is 0.134. The predicted molar refractivity (Wildman–Crippen MR) is 120 cm³/mol. The number of fused-ring (bicyclic) bond motifs is 3. The standard InChI is InChI=1S/C21H32N4O2S2/c1-4-5-12-28-20-23-18(22-6-7-25-8-10-26-11-9-25)17-15-13-21(2,3)27-14-16(15)29-19(17)24-20/h4-14H2,1-3H3,(H,22,23,24)/p+1. The molecule has 2 aliphatic heterocycles. The van der Waals surface area contributed by atoms with Crippen molar-refractivity contribution in [3.63, 3.8) is 0 Å². The van der Waals surface area contributed by atoms with E-state index in [4.69, 9.17) is 19.4 Å². The lowest BCUT2D eigenvalue weighted by atomic mass is 9.94. The van der Waals surface area contributed by atoms with Crippen molar-refractivity contribution in [2.75, 3.05) is 50.5 Å². The van der Waals surface area contributed by atoms with Gasteiger partial charge in [-0.1, -0.05) is 25.1 Å². The van der Waals surface area contributed by atoms with Crippen molar-refractivity contribution >= 4 is 39.1 Å². The van der Waals surface area contributed by atoms with Crippen molar-refractivity contribution in [3.8, 4) is 0 Å². The van der Waals surface area contributed by atoms with Gasteiger partial charge in [0.15, 0.2) is 5.16 Å². The molecule has 0 amide bonds. The average molecular weight is 438 g/mol. The Morgan fingerprint density at radius 3 is 2.86 bits per heavy atom. The highest BCUT2D eigenvalue weighted by Gasteiger charge is 2.31. The zero-order valence-electron chi connectivity index (χ0n) is 17.8. The summed E-state index contributed by atoms with van der Waals surface area (Å²) < 4.78 is 11.5. The Morgan fingerprint density at radius 1 is 1.24 bits per heavy atom. The van der Waals surface area contributed by atoms with Crippen LogP contribution in [0.3, 0.4) is 0 Å². The maximum absolute atomic E-state index is 6.05. The fourth-order valence-corrected chi connectivity index (χ4v) is 5.98. The number of rotatable bonds is 8. The van der Waals surface area contributed by atoms with Crippen molar-refractivity contribution < 1.29 is 14.4 Å². The Kier molecular flexibility index (Phi) is 6.96. The first-order valence-electron chi connectivity index (χ1n) is 10.8. The molecule has 6 nitrogen and oxygen atoms in total. The van der Waals surface area contributed by atoms with Crippen LogP contribution in [-0.4, -0.2) is 60.7 Å². The van der Waals surface area contributed by atoms with Crippen molar-refractivity contribution in [1.82, 2.24) is 9.97 Å². The van der Waals surface area contributed by atoms with Gasteiger partial charge in [0.05, 0.1) is 43.9 Å². The summed E-state index contributed by atoms with van der Waals surface area (Å²) in [7, 11) is 0. The van der Waals surface area contributed by atoms with E-state index in [1.54, 1.807) is 28.0 Å². The number of hydrogen-bond donors (Lipinski definition) is 2. The lowest BCUT2D eigenvalue weighted by Crippen LogP contribution is -3.14. The van der Waals surface area contributed by atoms with Crippen LogP contribution in [0, 0.1) is 0 Å². The SMILES string of the molecule is CCCCSc1nc(NCC[NH+]2CCOCC2)c2c3c(sc2n1)COC(C)(C)C3. The molecule has 2 N–H and O–H groups in total. The largest absolute Gasteiger partial charge is 0.370 e. The molecule has 160 valence electrons. The smallest absolute Gasteiger partial charge is 0.190 e. The molecule has 4 rings (SSSR count). The Balaban J connectivity index is 1.58. The summed E-state index contributed by atoms with van der Waals surface area (Å²) in [6.45, 7) is 13.2. The molecule has 2 aromatic heterocycles. The zero-order valence-corrected chi connectivity index (χ0v) is 19.4. The highest BCUT2D eigenvalue weighted by Crippen LogP contribution is 2.41. The van der Waals surface area contributed by atoms with E-state index in [-0.39, 0.29) is 5.60 Å². The summed E-state index contributed by atoms with van der Waals surface area (Å²) in [5.41, 5.74) is 1.25. The van der Waals surface area contributed by atoms with Crippen LogP contribution < -0.4 is 10.2 Å². The number of hydrogen-bond acceptors (Lipinski definition) is 7. The number of ether oxygens (including phenoxy) is 2. The number of aromatic nitrogens is 2. The van der Waals surface area contributed by atoms with Gasteiger partial charge in [-0.2, -0.15) is 0 Å². The summed E-state index contributed by atoms with van der Waals surface area (Å²) in [6, 6.07) is 0. The van der Waals surface area contributed by atoms with Gasteiger partial charge in [-0.05, 0) is 25.8 Å². The van der Waals surface area contributed by atoms with Crippen LogP contribution in [-0.2, 0) is 22.5 Å². The molecule has 1 saturated heterocycles. The Morgan fingerprint density at radius 2 is 2.07 bits per heavy atom. The number of nitrogens with one attached hydrogen (secondary N) is 2. The van der Waals surface area contributed by atoms with E-state index in [0.29, 0.717) is 6.61 Å². The van der Waals surface area contributed by atoms with E-state index in [1.165, 1.54) is 28.7 Å². The van der Waals surface area contributed by atoms with Gasteiger partial charge in [-0.15, -0.1) is 11.3 Å². The molecule has 4 heterocycles. The molecule has 0 atom stereocenters. The molecule has 1 fully saturated rings. The number of nitrogens with zero attached hydrogens (tertiary/aromatic N) is 2. The van der Waals surface area contributed by atoms with E-state index in [0.717, 1.165) is 67.4 Å². The van der Waals surface area contributed by atoms with E-state index >= 15 is 0 Å². The van der Waals surface area contributed by atoms with Crippen molar-refractivity contribution in [1.29, 1.82) is 0 Å². The quantitative estimate of drug-likeness (QED) is 0.376. The fraction of sp³-hybridized carbons (Fsp3) is 0.714. The van der Waals surface area contributed by atoms with Crippen LogP contribution in [0.4, 0.5) is 5.82 Å². The second-order valence-electron chi connectivity index (χ2n) is 8.51. The fourth-order valence-electron chi connectivity index (χ4n) is 3.89. The van der Waals surface area contributed by atoms with E-state index in [9.17, 15) is 0 Å². The average Bonchev–Trinajstić information content (AvgIpc) is 3.05. The van der Waals surface area contributed by atoms with Gasteiger partial charge in [0.25, 0.3) is 0 Å². The van der Waals surface area contributed by atoms with Crippen LogP contribution in [0.1, 0.15) is 44.1 Å². The summed E-state index contributed by atoms with van der Waals surface area (Å²) in [5.74, 6) is 2.08. The zero-order chi connectivity index (χ0) is 20.3. The van der Waals surface area contributed by atoms with Gasteiger partial charge in [-0.3, -0.25) is 0 Å². The molecule has 2 aromatic rings. The predicted octanol–water partition coefficient (Wildman–Crippen LogP) is 2.76. The summed E-state index contributed by atoms with van der Waals surface area (Å²) >= 11 is 3.55. The third-order valence-electron chi connectivity index (χ3n) is 5.61. The van der Waals surface area contributed by atoms with Crippen LogP contribution in [0.15, 0.2) is 5.16 Å². The third-order valence-corrected chi connectivity index (χ3v) is 7.64. The van der Waals surface area contributed by atoms with E-state index < -0.39 is 0 Å². The van der Waals surface area contributed by atoms with Crippen LogP contribution in [0.2, 0.25) is 0 Å². The number of thiophene rings is 1. The molecular formula is C21H33N4O2S2+. The molecule has 0 spiro atoms. The summed E-state index contributed by atoms with van der Waals surface area (Å²) in [5, 5.41) is 5.78. The summed E-state index contributed by atoms with van der Waals surface area (Å²) in [4.78, 5) is 13.9. The number of unbranched alkanes of at least 4 members (excludes halogenated alkanes) is 1. The number of anilines is 1. The van der Waals surface area contributed by atoms with Crippen molar-refractivity contribution in [2.45, 2.75) is 57.4 Å². The molecular weight excluding hydrogens is 404 g/mol. The molecule has 29 heavy (non-hydrogen) atoms. The minimum atomic E-state index is -0.134. The van der Waals surface area contributed by atoms with E-state index in [2.05, 4.69) is 26.1 Å². The molecule has 0 saturated carbocycles. The first-order chi connectivity index (χ1) is 14.1. The van der Waals surface area contributed by atoms with Crippen molar-refractivity contribution in [2.24, 2.45) is 0 Å². The lowest BCUT2D eigenvalue weighted by molar-refractivity contribution is -0.906. The van der Waals surface area contributed by atoms with Gasteiger partial charge in [0.2, 0.25) is 0 Å². The number of thioether (sulfide) groups is 1. The number of morpholine rings is 1. The van der Waals surface area contributed by atoms with Gasteiger partial charge < -0.3 is 19.7 Å². The maximum Gasteiger partial charge on any atom is 0.190 e. The van der Waals surface area contributed by atoms with Crippen LogP contribution >= 0.6 is 23.1 Å². The molecule has 0 aromatic carbocycles. The molecule has 2 aliphatic rings. The first kappa shape index (κ1) is 21.3. The van der Waals surface area contributed by atoms with Gasteiger partial charge in [-0.25, -0.2) is 9.97 Å².